The van der Waals surface area contributed by atoms with E-state index in [4.69, 9.17) is 14.7 Å². The van der Waals surface area contributed by atoms with E-state index in [0.717, 1.165) is 23.2 Å². The molecule has 24 heavy (non-hydrogen) atoms. The van der Waals surface area contributed by atoms with E-state index in [2.05, 4.69) is 15.5 Å². The number of rotatable bonds is 6. The van der Waals surface area contributed by atoms with Gasteiger partial charge in [-0.15, -0.1) is 0 Å². The number of hydrogen-bond donors (Lipinski definition) is 2. The number of likely N-dealkylation sites (tertiary alicyclic amines) is 1. The first-order valence-electron chi connectivity index (χ1n) is 7.79. The zero-order valence-corrected chi connectivity index (χ0v) is 12.9. The molecule has 0 atom stereocenters. The molecular weight excluding hydrogens is 310 g/mol. The number of ether oxygens (including phenoxy) is 1. The monoisotopic (exact) mass is 327 g/mol. The molecule has 3 heterocycles. The molecular formula is C16H17N5O3. The largest absolute Gasteiger partial charge is 0.377 e. The predicted molar refractivity (Wildman–Crippen MR) is 86.2 cm³/mol. The number of nitrogens with zero attached hydrogens (tertiary/aromatic N) is 3. The van der Waals surface area contributed by atoms with Crippen LogP contribution in [0.2, 0.25) is 0 Å². The molecule has 0 saturated carbocycles. The number of amides is 1. The van der Waals surface area contributed by atoms with Gasteiger partial charge in [0.2, 0.25) is 18.1 Å². The molecule has 8 nitrogen and oxygen atoms in total. The van der Waals surface area contributed by atoms with Crippen LogP contribution in [0.15, 0.2) is 22.7 Å². The van der Waals surface area contributed by atoms with Gasteiger partial charge in [0.05, 0.1) is 25.2 Å². The zero-order valence-electron chi connectivity index (χ0n) is 12.9. The number of carbonyl (C=O) groups is 1. The molecule has 8 heteroatoms. The van der Waals surface area contributed by atoms with Crippen LogP contribution in [0.3, 0.4) is 0 Å². The maximum absolute atomic E-state index is 10.6. The van der Waals surface area contributed by atoms with Crippen LogP contribution in [0, 0.1) is 5.41 Å². The van der Waals surface area contributed by atoms with Crippen LogP contribution >= 0.6 is 0 Å². The summed E-state index contributed by atoms with van der Waals surface area (Å²) in [6.45, 7) is 2.57. The SMILES string of the molecule is N=Cc1ccc(-c2noc(C3CN(C=O)C3)n2)cc1NC1COC1. The van der Waals surface area contributed by atoms with Gasteiger partial charge in [-0.2, -0.15) is 4.98 Å². The van der Waals surface area contributed by atoms with Crippen molar-refractivity contribution in [3.8, 4) is 11.4 Å². The fourth-order valence-electron chi connectivity index (χ4n) is 2.76. The first-order valence-corrected chi connectivity index (χ1v) is 7.79. The minimum absolute atomic E-state index is 0.113. The highest BCUT2D eigenvalue weighted by Gasteiger charge is 2.31. The molecule has 0 spiro atoms. The average molecular weight is 327 g/mol. The third-order valence-electron chi connectivity index (χ3n) is 4.31. The minimum Gasteiger partial charge on any atom is -0.377 e. The summed E-state index contributed by atoms with van der Waals surface area (Å²) in [6.07, 6.45) is 2.14. The summed E-state index contributed by atoms with van der Waals surface area (Å²) in [6, 6.07) is 5.92. The van der Waals surface area contributed by atoms with E-state index in [0.29, 0.717) is 38.0 Å². The molecule has 0 bridgehead atoms. The molecule has 2 aliphatic rings. The molecule has 1 aromatic carbocycles. The van der Waals surface area contributed by atoms with Crippen molar-refractivity contribution in [1.29, 1.82) is 5.41 Å². The lowest BCUT2D eigenvalue weighted by atomic mass is 10.0. The van der Waals surface area contributed by atoms with Crippen LogP contribution in [0.1, 0.15) is 17.4 Å². The number of anilines is 1. The van der Waals surface area contributed by atoms with Crippen molar-refractivity contribution in [1.82, 2.24) is 15.0 Å². The van der Waals surface area contributed by atoms with Gasteiger partial charge in [-0.25, -0.2) is 0 Å². The highest BCUT2D eigenvalue weighted by molar-refractivity contribution is 5.87. The topological polar surface area (TPSA) is 104 Å². The van der Waals surface area contributed by atoms with Crippen LogP contribution in [0.25, 0.3) is 11.4 Å². The van der Waals surface area contributed by atoms with Crippen molar-refractivity contribution in [2.24, 2.45) is 0 Å². The first kappa shape index (κ1) is 14.8. The van der Waals surface area contributed by atoms with Crippen LogP contribution < -0.4 is 5.32 Å². The second-order valence-electron chi connectivity index (χ2n) is 6.04. The Balaban J connectivity index is 1.55. The van der Waals surface area contributed by atoms with E-state index in [1.165, 1.54) is 6.21 Å². The minimum atomic E-state index is 0.113. The molecule has 1 aromatic heterocycles. The van der Waals surface area contributed by atoms with E-state index in [1.807, 2.05) is 18.2 Å². The number of nitrogens with one attached hydrogen (secondary N) is 2. The van der Waals surface area contributed by atoms with Gasteiger partial charge >= 0.3 is 0 Å². The van der Waals surface area contributed by atoms with Gasteiger partial charge in [-0.3, -0.25) is 4.79 Å². The Hall–Kier alpha value is -2.74. The highest BCUT2D eigenvalue weighted by Crippen LogP contribution is 2.28. The highest BCUT2D eigenvalue weighted by atomic mass is 16.5. The standard InChI is InChI=1S/C16H17N5O3/c17-4-11-2-1-10(3-14(11)18-13-7-23-8-13)15-19-16(24-20-15)12-5-21(6-12)9-22/h1-4,9,12-13,17-18H,5-8H2. The molecule has 0 aliphatic carbocycles. The van der Waals surface area contributed by atoms with Gasteiger partial charge in [0.1, 0.15) is 0 Å². The lowest BCUT2D eigenvalue weighted by Gasteiger charge is -2.33. The van der Waals surface area contributed by atoms with Gasteiger partial charge in [-0.1, -0.05) is 17.3 Å². The summed E-state index contributed by atoms with van der Waals surface area (Å²) in [4.78, 5) is 16.7. The average Bonchev–Trinajstić information content (AvgIpc) is 2.99. The Morgan fingerprint density at radius 2 is 2.17 bits per heavy atom. The summed E-state index contributed by atoms with van der Waals surface area (Å²) >= 11 is 0. The maximum atomic E-state index is 10.6. The molecule has 2 aromatic rings. The van der Waals surface area contributed by atoms with Crippen molar-refractivity contribution in [2.45, 2.75) is 12.0 Å². The summed E-state index contributed by atoms with van der Waals surface area (Å²) in [7, 11) is 0. The molecule has 2 N–H and O–H groups in total. The van der Waals surface area contributed by atoms with Crippen LogP contribution in [-0.2, 0) is 9.53 Å². The molecule has 2 fully saturated rings. The third-order valence-corrected chi connectivity index (χ3v) is 4.31. The Morgan fingerprint density at radius 3 is 2.83 bits per heavy atom. The number of benzene rings is 1. The second-order valence-corrected chi connectivity index (χ2v) is 6.04. The van der Waals surface area contributed by atoms with E-state index in [9.17, 15) is 4.79 Å². The van der Waals surface area contributed by atoms with E-state index >= 15 is 0 Å². The molecule has 2 saturated heterocycles. The number of hydrogen-bond acceptors (Lipinski definition) is 7. The van der Waals surface area contributed by atoms with Crippen molar-refractivity contribution >= 4 is 18.3 Å². The first-order chi connectivity index (χ1) is 11.8. The lowest BCUT2D eigenvalue weighted by Crippen LogP contribution is -2.43. The predicted octanol–water partition coefficient (Wildman–Crippen LogP) is 1.10. The normalized spacial score (nSPS) is 17.9. The molecule has 2 aliphatic heterocycles. The quantitative estimate of drug-likeness (QED) is 0.608. The van der Waals surface area contributed by atoms with Crippen molar-refractivity contribution < 1.29 is 14.1 Å². The smallest absolute Gasteiger partial charge is 0.233 e. The summed E-state index contributed by atoms with van der Waals surface area (Å²) in [5.74, 6) is 1.18. The van der Waals surface area contributed by atoms with Gasteiger partial charge in [0.15, 0.2) is 0 Å². The van der Waals surface area contributed by atoms with Gasteiger partial charge in [0.25, 0.3) is 0 Å². The Labute approximate surface area is 138 Å². The molecule has 124 valence electrons. The summed E-state index contributed by atoms with van der Waals surface area (Å²) in [5, 5.41) is 14.9. The van der Waals surface area contributed by atoms with Crippen molar-refractivity contribution in [2.75, 3.05) is 31.6 Å². The van der Waals surface area contributed by atoms with Crippen LogP contribution in [0.5, 0.6) is 0 Å². The van der Waals surface area contributed by atoms with Gasteiger partial charge in [-0.05, 0) is 6.07 Å². The van der Waals surface area contributed by atoms with Gasteiger partial charge in [0, 0.05) is 36.1 Å². The van der Waals surface area contributed by atoms with Crippen LogP contribution in [-0.4, -0.2) is 60.0 Å². The summed E-state index contributed by atoms with van der Waals surface area (Å²) < 4.78 is 10.5. The molecule has 0 radical (unpaired) electrons. The second kappa shape index (κ2) is 6.04. The van der Waals surface area contributed by atoms with Crippen molar-refractivity contribution in [3.05, 3.63) is 29.7 Å². The fourth-order valence-corrected chi connectivity index (χ4v) is 2.76. The summed E-state index contributed by atoms with van der Waals surface area (Å²) in [5.41, 5.74) is 2.48. The zero-order chi connectivity index (χ0) is 16.5. The van der Waals surface area contributed by atoms with Crippen molar-refractivity contribution in [3.63, 3.8) is 0 Å². The van der Waals surface area contributed by atoms with Crippen LogP contribution in [0.4, 0.5) is 5.69 Å². The Kier molecular flexibility index (Phi) is 3.73. The molecule has 1 amide bonds. The lowest BCUT2D eigenvalue weighted by molar-refractivity contribution is -0.122. The van der Waals surface area contributed by atoms with E-state index in [-0.39, 0.29) is 12.0 Å². The van der Waals surface area contributed by atoms with Gasteiger partial charge < -0.3 is 24.9 Å². The van der Waals surface area contributed by atoms with E-state index in [1.54, 1.807) is 4.90 Å². The van der Waals surface area contributed by atoms with E-state index < -0.39 is 0 Å². The molecule has 4 rings (SSSR count). The number of carbonyl (C=O) groups excluding carboxylic acids is 1. The maximum Gasteiger partial charge on any atom is 0.233 e. The number of aromatic nitrogens is 2. The molecule has 0 unspecified atom stereocenters. The fraction of sp³-hybridized carbons (Fsp3) is 0.375. The third kappa shape index (κ3) is 2.65. The Bertz CT molecular complexity index is 765. The Morgan fingerprint density at radius 1 is 1.33 bits per heavy atom.